The molecular formula is C15H23N3. The van der Waals surface area contributed by atoms with E-state index in [9.17, 15) is 0 Å². The summed E-state index contributed by atoms with van der Waals surface area (Å²) in [7, 11) is 0. The maximum atomic E-state index is 3.50. The summed E-state index contributed by atoms with van der Waals surface area (Å²) in [5.41, 5.74) is 1.23. The first-order valence-corrected chi connectivity index (χ1v) is 7.17. The van der Waals surface area contributed by atoms with Crippen molar-refractivity contribution in [3.05, 3.63) is 30.3 Å². The summed E-state index contributed by atoms with van der Waals surface area (Å²) in [6, 6.07) is 11.3. The number of piperazine rings is 1. The van der Waals surface area contributed by atoms with Crippen LogP contribution >= 0.6 is 0 Å². The van der Waals surface area contributed by atoms with Crippen LogP contribution in [0.1, 0.15) is 12.8 Å². The first kappa shape index (κ1) is 12.0. The van der Waals surface area contributed by atoms with E-state index in [-0.39, 0.29) is 0 Å². The zero-order valence-electron chi connectivity index (χ0n) is 11.0. The van der Waals surface area contributed by atoms with Gasteiger partial charge in [0.1, 0.15) is 0 Å². The fraction of sp³-hybridized carbons (Fsp3) is 0.600. The van der Waals surface area contributed by atoms with Crippen LogP contribution < -0.4 is 5.32 Å². The van der Waals surface area contributed by atoms with Crippen molar-refractivity contribution < 1.29 is 0 Å². The number of hydrogen-bond acceptors (Lipinski definition) is 3. The van der Waals surface area contributed by atoms with Gasteiger partial charge in [-0.3, -0.25) is 9.80 Å². The van der Waals surface area contributed by atoms with Crippen LogP contribution in [0.3, 0.4) is 0 Å². The van der Waals surface area contributed by atoms with Gasteiger partial charge in [0.15, 0.2) is 0 Å². The van der Waals surface area contributed by atoms with Crippen LogP contribution in [0.15, 0.2) is 30.3 Å². The predicted molar refractivity (Wildman–Crippen MR) is 76.0 cm³/mol. The second-order valence-corrected chi connectivity index (χ2v) is 5.43. The van der Waals surface area contributed by atoms with Gasteiger partial charge in [-0.2, -0.15) is 0 Å². The fourth-order valence-corrected chi connectivity index (χ4v) is 3.17. The molecular weight excluding hydrogens is 222 g/mol. The van der Waals surface area contributed by atoms with Gasteiger partial charge in [-0.05, 0) is 31.5 Å². The summed E-state index contributed by atoms with van der Waals surface area (Å²) in [6.07, 6.45) is 2.81. The van der Waals surface area contributed by atoms with Crippen LogP contribution in [-0.2, 0) is 0 Å². The molecule has 1 atom stereocenters. The Morgan fingerprint density at radius 3 is 2.89 bits per heavy atom. The summed E-state index contributed by atoms with van der Waals surface area (Å²) in [5, 5.41) is 3.50. The number of hydrogen-bond donors (Lipinski definition) is 1. The van der Waals surface area contributed by atoms with Gasteiger partial charge < -0.3 is 5.32 Å². The third kappa shape index (κ3) is 2.85. The topological polar surface area (TPSA) is 18.5 Å². The average molecular weight is 245 g/mol. The normalized spacial score (nSPS) is 25.0. The van der Waals surface area contributed by atoms with Crippen molar-refractivity contribution in [2.24, 2.45) is 0 Å². The molecule has 2 fully saturated rings. The highest BCUT2D eigenvalue weighted by atomic mass is 15.3. The molecule has 0 saturated carbocycles. The molecule has 2 heterocycles. The number of anilines is 1. The van der Waals surface area contributed by atoms with Gasteiger partial charge >= 0.3 is 0 Å². The molecule has 1 N–H and O–H groups in total. The number of fused-ring (bicyclic) bond motifs is 1. The van der Waals surface area contributed by atoms with Gasteiger partial charge in [-0.25, -0.2) is 0 Å². The summed E-state index contributed by atoms with van der Waals surface area (Å²) in [5.74, 6) is 0. The quantitative estimate of drug-likeness (QED) is 0.874. The monoisotopic (exact) mass is 245 g/mol. The van der Waals surface area contributed by atoms with Crippen LogP contribution in [0.25, 0.3) is 0 Å². The Kier molecular flexibility index (Phi) is 3.81. The summed E-state index contributed by atoms with van der Waals surface area (Å²) >= 11 is 0. The van der Waals surface area contributed by atoms with Crippen molar-refractivity contribution in [3.8, 4) is 0 Å². The van der Waals surface area contributed by atoms with Crippen LogP contribution in [0.4, 0.5) is 5.69 Å². The van der Waals surface area contributed by atoms with Gasteiger partial charge in [-0.15, -0.1) is 0 Å². The van der Waals surface area contributed by atoms with Crippen molar-refractivity contribution in [3.63, 3.8) is 0 Å². The van der Waals surface area contributed by atoms with Gasteiger partial charge in [-0.1, -0.05) is 18.2 Å². The molecule has 2 aliphatic heterocycles. The molecule has 1 aromatic carbocycles. The molecule has 98 valence electrons. The van der Waals surface area contributed by atoms with Crippen LogP contribution in [0, 0.1) is 0 Å². The largest absolute Gasteiger partial charge is 0.384 e. The number of para-hydroxylation sites is 1. The first-order chi connectivity index (χ1) is 8.92. The van der Waals surface area contributed by atoms with Crippen molar-refractivity contribution in [1.82, 2.24) is 9.80 Å². The van der Waals surface area contributed by atoms with Gasteiger partial charge in [0.25, 0.3) is 0 Å². The molecule has 2 saturated heterocycles. The zero-order chi connectivity index (χ0) is 12.2. The Morgan fingerprint density at radius 2 is 2.00 bits per heavy atom. The van der Waals surface area contributed by atoms with Crippen LogP contribution in [0.5, 0.6) is 0 Å². The molecule has 1 unspecified atom stereocenters. The van der Waals surface area contributed by atoms with Gasteiger partial charge in [0, 0.05) is 44.5 Å². The van der Waals surface area contributed by atoms with Crippen LogP contribution in [-0.4, -0.2) is 55.1 Å². The summed E-state index contributed by atoms with van der Waals surface area (Å²) in [6.45, 7) is 7.34. The highest BCUT2D eigenvalue weighted by Gasteiger charge is 2.29. The van der Waals surface area contributed by atoms with E-state index >= 15 is 0 Å². The smallest absolute Gasteiger partial charge is 0.0340 e. The first-order valence-electron chi connectivity index (χ1n) is 7.17. The molecule has 3 nitrogen and oxygen atoms in total. The third-order valence-electron chi connectivity index (χ3n) is 4.20. The Balaban J connectivity index is 1.41. The maximum absolute atomic E-state index is 3.50. The highest BCUT2D eigenvalue weighted by molar-refractivity contribution is 5.42. The summed E-state index contributed by atoms with van der Waals surface area (Å²) in [4.78, 5) is 5.28. The SMILES string of the molecule is c1ccc(NCCN2CCN3CCCC3C2)cc1. The van der Waals surface area contributed by atoms with Gasteiger partial charge in [0.2, 0.25) is 0 Å². The Morgan fingerprint density at radius 1 is 1.11 bits per heavy atom. The molecule has 0 aliphatic carbocycles. The number of nitrogens with one attached hydrogen (secondary N) is 1. The lowest BCUT2D eigenvalue weighted by atomic mass is 10.1. The predicted octanol–water partition coefficient (Wildman–Crippen LogP) is 1.88. The number of benzene rings is 1. The minimum atomic E-state index is 0.843. The van der Waals surface area contributed by atoms with Crippen molar-refractivity contribution in [1.29, 1.82) is 0 Å². The standard InChI is InChI=1S/C15H23N3/c1-2-5-14(6-3-1)16-8-10-17-11-12-18-9-4-7-15(18)13-17/h1-3,5-6,15-16H,4,7-13H2. The highest BCUT2D eigenvalue weighted by Crippen LogP contribution is 2.21. The third-order valence-corrected chi connectivity index (χ3v) is 4.20. The second-order valence-electron chi connectivity index (χ2n) is 5.43. The lowest BCUT2D eigenvalue weighted by molar-refractivity contribution is 0.108. The van der Waals surface area contributed by atoms with Crippen molar-refractivity contribution in [2.45, 2.75) is 18.9 Å². The molecule has 0 bridgehead atoms. The summed E-state index contributed by atoms with van der Waals surface area (Å²) < 4.78 is 0. The fourth-order valence-electron chi connectivity index (χ4n) is 3.17. The number of rotatable bonds is 4. The van der Waals surface area contributed by atoms with Crippen molar-refractivity contribution >= 4 is 5.69 Å². The van der Waals surface area contributed by atoms with E-state index in [0.717, 1.165) is 12.6 Å². The molecule has 2 aliphatic rings. The molecule has 3 rings (SSSR count). The van der Waals surface area contributed by atoms with E-state index in [1.165, 1.54) is 51.3 Å². The molecule has 3 heteroatoms. The Bertz CT molecular complexity index is 365. The maximum Gasteiger partial charge on any atom is 0.0340 e. The molecule has 0 spiro atoms. The van der Waals surface area contributed by atoms with E-state index in [1.54, 1.807) is 0 Å². The van der Waals surface area contributed by atoms with E-state index in [4.69, 9.17) is 0 Å². The second kappa shape index (κ2) is 5.72. The molecule has 0 amide bonds. The molecule has 0 radical (unpaired) electrons. The minimum absolute atomic E-state index is 0.843. The van der Waals surface area contributed by atoms with E-state index in [1.807, 2.05) is 0 Å². The molecule has 1 aromatic rings. The van der Waals surface area contributed by atoms with E-state index in [0.29, 0.717) is 0 Å². The minimum Gasteiger partial charge on any atom is -0.384 e. The zero-order valence-corrected chi connectivity index (χ0v) is 11.0. The Labute approximate surface area is 110 Å². The van der Waals surface area contributed by atoms with Crippen molar-refractivity contribution in [2.75, 3.05) is 44.6 Å². The molecule has 0 aromatic heterocycles. The van der Waals surface area contributed by atoms with E-state index < -0.39 is 0 Å². The van der Waals surface area contributed by atoms with Crippen LogP contribution in [0.2, 0.25) is 0 Å². The number of nitrogens with zero attached hydrogens (tertiary/aromatic N) is 2. The lowest BCUT2D eigenvalue weighted by Crippen LogP contribution is -2.51. The van der Waals surface area contributed by atoms with Gasteiger partial charge in [0.05, 0.1) is 0 Å². The lowest BCUT2D eigenvalue weighted by Gasteiger charge is -2.37. The molecule has 18 heavy (non-hydrogen) atoms. The Hall–Kier alpha value is -1.06. The average Bonchev–Trinajstić information content (AvgIpc) is 2.87. The van der Waals surface area contributed by atoms with E-state index in [2.05, 4.69) is 45.4 Å².